The van der Waals surface area contributed by atoms with E-state index < -0.39 is 11.9 Å². The number of hydrogen-bond acceptors (Lipinski definition) is 5. The van der Waals surface area contributed by atoms with E-state index in [1.807, 2.05) is 6.07 Å². The molecule has 0 aromatic heterocycles. The fourth-order valence-corrected chi connectivity index (χ4v) is 2.56. The van der Waals surface area contributed by atoms with Crippen molar-refractivity contribution in [2.45, 2.75) is 12.8 Å². The third-order valence-corrected chi connectivity index (χ3v) is 3.88. The Balaban J connectivity index is 1.84. The van der Waals surface area contributed by atoms with E-state index in [4.69, 9.17) is 4.74 Å². The van der Waals surface area contributed by atoms with Gasteiger partial charge in [0, 0.05) is 12.8 Å². The Morgan fingerprint density at radius 2 is 1.73 bits per heavy atom. The summed E-state index contributed by atoms with van der Waals surface area (Å²) in [5, 5.41) is 8.10. The number of nitrogens with zero attached hydrogens (tertiary/aromatic N) is 2. The summed E-state index contributed by atoms with van der Waals surface area (Å²) >= 11 is 0. The molecule has 0 unspecified atom stereocenters. The maximum Gasteiger partial charge on any atom is 0.339 e. The molecule has 2 aromatic rings. The summed E-state index contributed by atoms with van der Waals surface area (Å²) in [6, 6.07) is 15.4. The minimum absolute atomic E-state index is 0.178. The van der Waals surface area contributed by atoms with E-state index in [1.165, 1.54) is 12.1 Å². The molecule has 0 atom stereocenters. The zero-order chi connectivity index (χ0) is 18.5. The first-order chi connectivity index (χ1) is 12.6. The second-order valence-corrected chi connectivity index (χ2v) is 5.58. The van der Waals surface area contributed by atoms with Gasteiger partial charge in [0.25, 0.3) is 5.91 Å². The monoisotopic (exact) mass is 351 g/mol. The largest absolute Gasteiger partial charge is 0.465 e. The number of rotatable bonds is 4. The third kappa shape index (κ3) is 3.61. The van der Waals surface area contributed by atoms with Crippen molar-refractivity contribution in [3.63, 3.8) is 0 Å². The van der Waals surface area contributed by atoms with E-state index >= 15 is 0 Å². The quantitative estimate of drug-likeness (QED) is 0.858. The average Bonchev–Trinajstić information content (AvgIpc) is 2.68. The SMILES string of the molecule is COC(=O)c1ccccc1NC(=O)C1=NN(c2ccccc2)C(=O)CC1. The molecule has 0 saturated carbocycles. The first-order valence-corrected chi connectivity index (χ1v) is 8.04. The maximum absolute atomic E-state index is 12.6. The fraction of sp³-hybridized carbons (Fsp3) is 0.158. The van der Waals surface area contributed by atoms with E-state index in [0.29, 0.717) is 11.4 Å². The first-order valence-electron chi connectivity index (χ1n) is 8.04. The van der Waals surface area contributed by atoms with Gasteiger partial charge in [0.05, 0.1) is 24.0 Å². The van der Waals surface area contributed by atoms with Crippen molar-refractivity contribution in [2.75, 3.05) is 17.4 Å². The van der Waals surface area contributed by atoms with Gasteiger partial charge in [-0.2, -0.15) is 5.10 Å². The van der Waals surface area contributed by atoms with Crippen LogP contribution in [0.5, 0.6) is 0 Å². The van der Waals surface area contributed by atoms with Gasteiger partial charge in [-0.1, -0.05) is 30.3 Å². The van der Waals surface area contributed by atoms with Crippen LogP contribution in [-0.2, 0) is 14.3 Å². The van der Waals surface area contributed by atoms with Gasteiger partial charge in [-0.15, -0.1) is 0 Å². The average molecular weight is 351 g/mol. The van der Waals surface area contributed by atoms with Crippen LogP contribution in [0.15, 0.2) is 59.7 Å². The molecule has 7 nitrogen and oxygen atoms in total. The number of carbonyl (C=O) groups excluding carboxylic acids is 3. The number of esters is 1. The van der Waals surface area contributed by atoms with E-state index in [0.717, 1.165) is 0 Å². The lowest BCUT2D eigenvalue weighted by molar-refractivity contribution is -0.118. The van der Waals surface area contributed by atoms with E-state index in [9.17, 15) is 14.4 Å². The van der Waals surface area contributed by atoms with Gasteiger partial charge in [-0.25, -0.2) is 9.80 Å². The Kier molecular flexibility index (Phi) is 5.07. The minimum Gasteiger partial charge on any atom is -0.465 e. The van der Waals surface area contributed by atoms with Crippen LogP contribution in [0.2, 0.25) is 0 Å². The highest BCUT2D eigenvalue weighted by molar-refractivity contribution is 6.44. The lowest BCUT2D eigenvalue weighted by Gasteiger charge is -2.23. The molecule has 2 amide bonds. The summed E-state index contributed by atoms with van der Waals surface area (Å²) in [7, 11) is 1.27. The van der Waals surface area contributed by atoms with Crippen LogP contribution in [0.1, 0.15) is 23.2 Å². The van der Waals surface area contributed by atoms with E-state index in [2.05, 4.69) is 10.4 Å². The Morgan fingerprint density at radius 1 is 1.04 bits per heavy atom. The van der Waals surface area contributed by atoms with Crippen molar-refractivity contribution in [2.24, 2.45) is 5.10 Å². The summed E-state index contributed by atoms with van der Waals surface area (Å²) in [6.07, 6.45) is 0.411. The summed E-state index contributed by atoms with van der Waals surface area (Å²) in [6.45, 7) is 0. The van der Waals surface area contributed by atoms with Crippen LogP contribution < -0.4 is 10.3 Å². The molecule has 7 heteroatoms. The molecule has 2 aromatic carbocycles. The summed E-state index contributed by atoms with van der Waals surface area (Å²) in [5.41, 5.74) is 1.39. The van der Waals surface area contributed by atoms with Crippen LogP contribution in [-0.4, -0.2) is 30.6 Å². The number of nitrogens with one attached hydrogen (secondary N) is 1. The molecule has 26 heavy (non-hydrogen) atoms. The van der Waals surface area contributed by atoms with Gasteiger partial charge < -0.3 is 10.1 Å². The molecule has 1 N–H and O–H groups in total. The maximum atomic E-state index is 12.6. The molecule has 0 spiro atoms. The van der Waals surface area contributed by atoms with Crippen LogP contribution in [0.4, 0.5) is 11.4 Å². The van der Waals surface area contributed by atoms with E-state index in [-0.39, 0.29) is 30.0 Å². The molecule has 0 fully saturated rings. The molecule has 1 aliphatic rings. The lowest BCUT2D eigenvalue weighted by Crippen LogP contribution is -2.36. The molecule has 132 valence electrons. The number of anilines is 2. The molecule has 1 aliphatic heterocycles. The number of hydrogen-bond donors (Lipinski definition) is 1. The number of benzene rings is 2. The smallest absolute Gasteiger partial charge is 0.339 e. The number of hydrazone groups is 1. The first kappa shape index (κ1) is 17.3. The highest BCUT2D eigenvalue weighted by Gasteiger charge is 2.26. The Morgan fingerprint density at radius 3 is 2.46 bits per heavy atom. The lowest BCUT2D eigenvalue weighted by atomic mass is 10.1. The van der Waals surface area contributed by atoms with Gasteiger partial charge in [-0.05, 0) is 24.3 Å². The number of ether oxygens (including phenoxy) is 1. The second kappa shape index (κ2) is 7.60. The summed E-state index contributed by atoms with van der Waals surface area (Å²) in [4.78, 5) is 36.5. The standard InChI is InChI=1S/C19H17N3O4/c1-26-19(25)14-9-5-6-10-15(14)20-18(24)16-11-12-17(23)22(21-16)13-7-3-2-4-8-13/h2-10H,11-12H2,1H3,(H,20,24). The third-order valence-electron chi connectivity index (χ3n) is 3.88. The molecule has 1 heterocycles. The molecular weight excluding hydrogens is 334 g/mol. The van der Waals surface area contributed by atoms with Gasteiger partial charge in [0.2, 0.25) is 5.91 Å². The van der Waals surface area contributed by atoms with Crippen LogP contribution in [0, 0.1) is 0 Å². The summed E-state index contributed by atoms with van der Waals surface area (Å²) in [5.74, 6) is -1.19. The van der Waals surface area contributed by atoms with Gasteiger partial charge in [0.1, 0.15) is 5.71 Å². The molecule has 0 bridgehead atoms. The fourth-order valence-electron chi connectivity index (χ4n) is 2.56. The summed E-state index contributed by atoms with van der Waals surface area (Å²) < 4.78 is 4.72. The van der Waals surface area contributed by atoms with Crippen molar-refractivity contribution in [3.8, 4) is 0 Å². The van der Waals surface area contributed by atoms with Crippen LogP contribution in [0.25, 0.3) is 0 Å². The van der Waals surface area contributed by atoms with Crippen molar-refractivity contribution in [3.05, 3.63) is 60.2 Å². The van der Waals surface area contributed by atoms with Crippen molar-refractivity contribution in [1.29, 1.82) is 0 Å². The zero-order valence-electron chi connectivity index (χ0n) is 14.1. The van der Waals surface area contributed by atoms with Gasteiger partial charge >= 0.3 is 5.97 Å². The number of amides is 2. The Bertz CT molecular complexity index is 877. The van der Waals surface area contributed by atoms with Gasteiger partial charge in [-0.3, -0.25) is 9.59 Å². The molecule has 0 aliphatic carbocycles. The normalized spacial score (nSPS) is 13.8. The predicted molar refractivity (Wildman–Crippen MR) is 97.0 cm³/mol. The predicted octanol–water partition coefficient (Wildman–Crippen LogP) is 2.59. The Labute approximate surface area is 150 Å². The van der Waals surface area contributed by atoms with Gasteiger partial charge in [0.15, 0.2) is 0 Å². The highest BCUT2D eigenvalue weighted by atomic mass is 16.5. The molecular formula is C19H17N3O4. The van der Waals surface area contributed by atoms with Crippen LogP contribution in [0.3, 0.4) is 0 Å². The number of para-hydroxylation sites is 2. The molecule has 0 radical (unpaired) electrons. The van der Waals surface area contributed by atoms with Crippen molar-refractivity contribution < 1.29 is 19.1 Å². The Hall–Kier alpha value is -3.48. The van der Waals surface area contributed by atoms with Crippen molar-refractivity contribution >= 4 is 34.9 Å². The molecule has 3 rings (SSSR count). The van der Waals surface area contributed by atoms with E-state index in [1.54, 1.807) is 48.5 Å². The minimum atomic E-state index is -0.549. The topological polar surface area (TPSA) is 88.1 Å². The zero-order valence-corrected chi connectivity index (χ0v) is 14.1. The van der Waals surface area contributed by atoms with Crippen molar-refractivity contribution in [1.82, 2.24) is 0 Å². The number of carbonyl (C=O) groups is 3. The molecule has 0 saturated heterocycles. The highest BCUT2D eigenvalue weighted by Crippen LogP contribution is 2.21. The van der Waals surface area contributed by atoms with Crippen LogP contribution >= 0.6 is 0 Å². The second-order valence-electron chi connectivity index (χ2n) is 5.58. The number of methoxy groups -OCH3 is 1.